The molecule has 5 heteroatoms. The molecule has 1 aromatic heterocycles. The summed E-state index contributed by atoms with van der Waals surface area (Å²) in [5, 5.41) is 0.615. The minimum absolute atomic E-state index is 0.135. The van der Waals surface area contributed by atoms with Gasteiger partial charge >= 0.3 is 0 Å². The normalized spacial score (nSPS) is 12.7. The van der Waals surface area contributed by atoms with E-state index in [0.717, 1.165) is 13.0 Å². The Morgan fingerprint density at radius 3 is 3.00 bits per heavy atom. The van der Waals surface area contributed by atoms with Crippen LogP contribution in [0.5, 0.6) is 0 Å². The van der Waals surface area contributed by atoms with E-state index in [1.54, 1.807) is 6.20 Å². The fourth-order valence-electron chi connectivity index (χ4n) is 1.06. The van der Waals surface area contributed by atoms with Crippen LogP contribution >= 0.6 is 24.0 Å². The van der Waals surface area contributed by atoms with Gasteiger partial charge in [-0.2, -0.15) is 11.8 Å². The van der Waals surface area contributed by atoms with E-state index in [1.165, 1.54) is 6.07 Å². The van der Waals surface area contributed by atoms with Crippen molar-refractivity contribution in [3.63, 3.8) is 0 Å². The predicted molar refractivity (Wildman–Crippen MR) is 63.5 cm³/mol. The molecule has 1 aromatic rings. The molecule has 1 heterocycles. The molecule has 0 amide bonds. The molecule has 14 heavy (non-hydrogen) atoms. The van der Waals surface area contributed by atoms with E-state index in [1.807, 2.05) is 16.3 Å². The number of hydrogen-bond donors (Lipinski definition) is 1. The molecule has 0 aliphatic heterocycles. The first-order chi connectivity index (χ1) is 6.63. The van der Waals surface area contributed by atoms with Gasteiger partial charge in [-0.15, -0.1) is 0 Å². The van der Waals surface area contributed by atoms with Gasteiger partial charge in [-0.1, -0.05) is 6.92 Å². The summed E-state index contributed by atoms with van der Waals surface area (Å²) in [5.41, 5.74) is -0.135. The van der Waals surface area contributed by atoms with Gasteiger partial charge in [-0.25, -0.2) is 0 Å². The quantitative estimate of drug-likeness (QED) is 0.804. The molecule has 0 aromatic carbocycles. The van der Waals surface area contributed by atoms with E-state index in [2.05, 4.69) is 18.2 Å². The molecule has 1 unspecified atom stereocenters. The summed E-state index contributed by atoms with van der Waals surface area (Å²) in [7, 11) is 0. The van der Waals surface area contributed by atoms with Crippen LogP contribution in [0.1, 0.15) is 13.3 Å². The van der Waals surface area contributed by atoms with Crippen LogP contribution < -0.4 is 5.56 Å². The molecule has 78 valence electrons. The highest BCUT2D eigenvalue weighted by Gasteiger charge is 1.99. The Bertz CT molecular complexity index is 396. The Morgan fingerprint density at radius 1 is 1.71 bits per heavy atom. The molecule has 1 rings (SSSR count). The molecular formula is C9H14N2OS2. The lowest BCUT2D eigenvalue weighted by molar-refractivity contribution is 0.617. The van der Waals surface area contributed by atoms with Crippen molar-refractivity contribution in [1.29, 1.82) is 0 Å². The van der Waals surface area contributed by atoms with E-state index in [9.17, 15) is 4.79 Å². The van der Waals surface area contributed by atoms with Crippen molar-refractivity contribution in [2.75, 3.05) is 6.26 Å². The van der Waals surface area contributed by atoms with E-state index < -0.39 is 0 Å². The summed E-state index contributed by atoms with van der Waals surface area (Å²) in [6, 6.07) is 1.50. The number of thioether (sulfide) groups is 1. The Morgan fingerprint density at radius 2 is 2.43 bits per heavy atom. The zero-order valence-electron chi connectivity index (χ0n) is 8.32. The molecule has 0 fully saturated rings. The Balaban J connectivity index is 2.68. The van der Waals surface area contributed by atoms with Crippen molar-refractivity contribution in [1.82, 2.24) is 9.55 Å². The molecular weight excluding hydrogens is 216 g/mol. The van der Waals surface area contributed by atoms with Crippen LogP contribution in [0.4, 0.5) is 0 Å². The zero-order chi connectivity index (χ0) is 10.6. The molecule has 0 spiro atoms. The third-order valence-corrected chi connectivity index (χ3v) is 3.45. The average Bonchev–Trinajstić information content (AvgIpc) is 2.16. The number of nitrogens with zero attached hydrogens (tertiary/aromatic N) is 1. The Hall–Kier alpha value is -0.550. The highest BCUT2D eigenvalue weighted by Crippen LogP contribution is 2.10. The van der Waals surface area contributed by atoms with Crippen molar-refractivity contribution in [3.8, 4) is 0 Å². The van der Waals surface area contributed by atoms with Gasteiger partial charge in [0, 0.05) is 24.1 Å². The minimum atomic E-state index is -0.135. The van der Waals surface area contributed by atoms with Crippen LogP contribution in [0.25, 0.3) is 0 Å². The molecule has 0 bridgehead atoms. The summed E-state index contributed by atoms with van der Waals surface area (Å²) >= 11 is 6.86. The average molecular weight is 230 g/mol. The topological polar surface area (TPSA) is 37.8 Å². The lowest BCUT2D eigenvalue weighted by Gasteiger charge is -2.09. The van der Waals surface area contributed by atoms with Crippen LogP contribution in [0.15, 0.2) is 17.1 Å². The van der Waals surface area contributed by atoms with Crippen molar-refractivity contribution in [2.24, 2.45) is 0 Å². The lowest BCUT2D eigenvalue weighted by Crippen LogP contribution is -2.12. The van der Waals surface area contributed by atoms with Gasteiger partial charge in [0.2, 0.25) is 0 Å². The van der Waals surface area contributed by atoms with E-state index in [4.69, 9.17) is 12.2 Å². The fourth-order valence-corrected chi connectivity index (χ4v) is 1.65. The standard InChI is InChI=1S/C9H14N2OS2/c1-7(14-2)3-5-11-6-4-8(12)10-9(11)13/h4,6-7H,3,5H2,1-2H3,(H,10,12,13). The van der Waals surface area contributed by atoms with Gasteiger partial charge in [0.15, 0.2) is 4.77 Å². The summed E-state index contributed by atoms with van der Waals surface area (Å²) < 4.78 is 2.40. The second kappa shape index (κ2) is 5.36. The van der Waals surface area contributed by atoms with Crippen molar-refractivity contribution < 1.29 is 0 Å². The van der Waals surface area contributed by atoms with Crippen LogP contribution in [-0.4, -0.2) is 21.1 Å². The Labute approximate surface area is 92.5 Å². The van der Waals surface area contributed by atoms with Crippen LogP contribution in [0.3, 0.4) is 0 Å². The van der Waals surface area contributed by atoms with Gasteiger partial charge < -0.3 is 4.57 Å². The molecule has 0 aliphatic carbocycles. The summed E-state index contributed by atoms with van der Waals surface area (Å²) in [5.74, 6) is 0. The van der Waals surface area contributed by atoms with Crippen molar-refractivity contribution in [2.45, 2.75) is 25.1 Å². The van der Waals surface area contributed by atoms with Crippen LogP contribution in [0, 0.1) is 4.77 Å². The number of nitrogens with one attached hydrogen (secondary N) is 1. The number of aromatic nitrogens is 2. The van der Waals surface area contributed by atoms with Crippen LogP contribution in [-0.2, 0) is 6.54 Å². The van der Waals surface area contributed by atoms with E-state index in [0.29, 0.717) is 10.0 Å². The van der Waals surface area contributed by atoms with Crippen LogP contribution in [0.2, 0.25) is 0 Å². The molecule has 0 saturated heterocycles. The smallest absolute Gasteiger partial charge is 0.251 e. The fraction of sp³-hybridized carbons (Fsp3) is 0.556. The first-order valence-electron chi connectivity index (χ1n) is 4.46. The van der Waals surface area contributed by atoms with Crippen molar-refractivity contribution in [3.05, 3.63) is 27.4 Å². The summed E-state index contributed by atoms with van der Waals surface area (Å²) in [6.45, 7) is 3.04. The largest absolute Gasteiger partial charge is 0.325 e. The number of aryl methyl sites for hydroxylation is 1. The maximum atomic E-state index is 10.9. The van der Waals surface area contributed by atoms with E-state index >= 15 is 0 Å². The first-order valence-corrected chi connectivity index (χ1v) is 6.15. The van der Waals surface area contributed by atoms with Gasteiger partial charge in [0.1, 0.15) is 0 Å². The number of hydrogen-bond acceptors (Lipinski definition) is 3. The monoisotopic (exact) mass is 230 g/mol. The first kappa shape index (κ1) is 11.5. The van der Waals surface area contributed by atoms with Crippen molar-refractivity contribution >= 4 is 24.0 Å². The number of aromatic amines is 1. The second-order valence-corrected chi connectivity index (χ2v) is 4.80. The minimum Gasteiger partial charge on any atom is -0.325 e. The molecule has 1 N–H and O–H groups in total. The Kier molecular flexibility index (Phi) is 4.41. The maximum Gasteiger partial charge on any atom is 0.251 e. The molecule has 0 aliphatic rings. The predicted octanol–water partition coefficient (Wildman–Crippen LogP) is 2.05. The summed E-state index contributed by atoms with van der Waals surface area (Å²) in [6.07, 6.45) is 4.90. The number of rotatable bonds is 4. The molecule has 1 atom stereocenters. The SMILES string of the molecule is CSC(C)CCn1ccc(=O)[nH]c1=S. The van der Waals surface area contributed by atoms with Gasteiger partial charge in [-0.3, -0.25) is 9.78 Å². The molecule has 3 nitrogen and oxygen atoms in total. The lowest BCUT2D eigenvalue weighted by atomic mass is 10.3. The number of H-pyrrole nitrogens is 1. The zero-order valence-corrected chi connectivity index (χ0v) is 9.95. The second-order valence-electron chi connectivity index (χ2n) is 3.14. The van der Waals surface area contributed by atoms with Gasteiger partial charge in [-0.05, 0) is 24.9 Å². The molecule has 0 saturated carbocycles. The molecule has 0 radical (unpaired) electrons. The third kappa shape index (κ3) is 3.31. The van der Waals surface area contributed by atoms with E-state index in [-0.39, 0.29) is 5.56 Å². The maximum absolute atomic E-state index is 10.9. The highest BCUT2D eigenvalue weighted by atomic mass is 32.2. The van der Waals surface area contributed by atoms with Gasteiger partial charge in [0.25, 0.3) is 5.56 Å². The summed E-state index contributed by atoms with van der Waals surface area (Å²) in [4.78, 5) is 13.5. The highest BCUT2D eigenvalue weighted by molar-refractivity contribution is 7.99. The third-order valence-electron chi connectivity index (χ3n) is 2.08. The van der Waals surface area contributed by atoms with Gasteiger partial charge in [0.05, 0.1) is 0 Å².